The Morgan fingerprint density at radius 2 is 1.86 bits per heavy atom. The second-order valence-electron chi connectivity index (χ2n) is 5.74. The molecule has 8 nitrogen and oxygen atoms in total. The predicted molar refractivity (Wildman–Crippen MR) is 99.9 cm³/mol. The van der Waals surface area contributed by atoms with Crippen LogP contribution in [0.5, 0.6) is 0 Å². The monoisotopic (exact) mass is 433 g/mol. The van der Waals surface area contributed by atoms with E-state index < -0.39 is 38.5 Å². The van der Waals surface area contributed by atoms with E-state index >= 15 is 0 Å². The van der Waals surface area contributed by atoms with E-state index in [1.165, 1.54) is 13.0 Å². The number of amides is 1. The van der Waals surface area contributed by atoms with Crippen LogP contribution in [0.2, 0.25) is 5.02 Å². The Bertz CT molecular complexity index is 1050. The fourth-order valence-electron chi connectivity index (χ4n) is 2.39. The lowest BCUT2D eigenvalue weighted by Gasteiger charge is -2.28. The first kappa shape index (κ1) is 21.5. The normalized spacial score (nSPS) is 12.3. The van der Waals surface area contributed by atoms with E-state index in [0.29, 0.717) is 10.4 Å². The zero-order valence-corrected chi connectivity index (χ0v) is 16.1. The molecule has 1 atom stereocenters. The fraction of sp³-hybridized carbons (Fsp3) is 0.188. The van der Waals surface area contributed by atoms with Crippen molar-refractivity contribution in [2.75, 3.05) is 15.9 Å². The Morgan fingerprint density at radius 1 is 1.21 bits per heavy atom. The van der Waals surface area contributed by atoms with Crippen molar-refractivity contribution in [2.24, 2.45) is 0 Å². The molecule has 0 radical (unpaired) electrons. The molecule has 0 aliphatic rings. The third kappa shape index (κ3) is 4.73. The SMILES string of the molecule is CC(C(=O)Nc1cc([N+](=O)[O-])ccc1Cl)N(c1ccc(F)c(F)c1)S(C)(=O)=O. The summed E-state index contributed by atoms with van der Waals surface area (Å²) >= 11 is 5.91. The van der Waals surface area contributed by atoms with Crippen LogP contribution in [0.4, 0.5) is 25.8 Å². The van der Waals surface area contributed by atoms with Crippen LogP contribution < -0.4 is 9.62 Å². The van der Waals surface area contributed by atoms with Crippen molar-refractivity contribution in [2.45, 2.75) is 13.0 Å². The first-order chi connectivity index (χ1) is 12.9. The van der Waals surface area contributed by atoms with Gasteiger partial charge in [-0.25, -0.2) is 17.2 Å². The molecule has 28 heavy (non-hydrogen) atoms. The average molecular weight is 434 g/mol. The van der Waals surface area contributed by atoms with Gasteiger partial charge in [-0.05, 0) is 25.1 Å². The summed E-state index contributed by atoms with van der Waals surface area (Å²) in [5, 5.41) is 13.2. The standard InChI is InChI=1S/C16H14ClF2N3O5S/c1-9(16(23)20-15-8-11(22(24)25)3-5-12(15)17)21(28(2,26)27)10-4-6-13(18)14(19)7-10/h3-9H,1-2H3,(H,20,23). The number of hydrogen-bond donors (Lipinski definition) is 1. The Kier molecular flexibility index (Phi) is 6.20. The number of carbonyl (C=O) groups excluding carboxylic acids is 1. The smallest absolute Gasteiger partial charge is 0.271 e. The Hall–Kier alpha value is -2.79. The van der Waals surface area contributed by atoms with Crippen molar-refractivity contribution >= 4 is 44.6 Å². The van der Waals surface area contributed by atoms with E-state index in [-0.39, 0.29) is 22.1 Å². The molecular weight excluding hydrogens is 420 g/mol. The summed E-state index contributed by atoms with van der Waals surface area (Å²) in [7, 11) is -4.07. The van der Waals surface area contributed by atoms with Gasteiger partial charge in [0.05, 0.1) is 27.6 Å². The quantitative estimate of drug-likeness (QED) is 0.555. The van der Waals surface area contributed by atoms with Gasteiger partial charge in [0.1, 0.15) is 6.04 Å². The molecule has 2 rings (SSSR count). The minimum Gasteiger partial charge on any atom is -0.323 e. The second-order valence-corrected chi connectivity index (χ2v) is 8.01. The lowest BCUT2D eigenvalue weighted by atomic mass is 10.2. The van der Waals surface area contributed by atoms with Crippen LogP contribution in [0.25, 0.3) is 0 Å². The molecule has 0 saturated heterocycles. The summed E-state index contributed by atoms with van der Waals surface area (Å²) in [6.07, 6.45) is 0.790. The Balaban J connectivity index is 2.38. The molecular formula is C16H14ClF2N3O5S. The average Bonchev–Trinajstić information content (AvgIpc) is 2.58. The van der Waals surface area contributed by atoms with E-state index in [9.17, 15) is 32.1 Å². The molecule has 150 valence electrons. The third-order valence-corrected chi connectivity index (χ3v) is 5.24. The van der Waals surface area contributed by atoms with Gasteiger partial charge in [0.15, 0.2) is 11.6 Å². The number of halogens is 3. The molecule has 1 N–H and O–H groups in total. The van der Waals surface area contributed by atoms with Crippen LogP contribution in [0.3, 0.4) is 0 Å². The predicted octanol–water partition coefficient (Wildman–Crippen LogP) is 3.32. The topological polar surface area (TPSA) is 110 Å². The number of nitro benzene ring substituents is 1. The second kappa shape index (κ2) is 8.07. The Morgan fingerprint density at radius 3 is 2.39 bits per heavy atom. The number of anilines is 2. The van der Waals surface area contributed by atoms with Crippen molar-refractivity contribution in [3.05, 3.63) is 63.2 Å². The molecule has 0 aliphatic carbocycles. The third-order valence-electron chi connectivity index (χ3n) is 3.66. The molecule has 1 amide bonds. The van der Waals surface area contributed by atoms with Crippen molar-refractivity contribution in [1.82, 2.24) is 0 Å². The van der Waals surface area contributed by atoms with Gasteiger partial charge in [-0.1, -0.05) is 11.6 Å². The molecule has 0 spiro atoms. The molecule has 0 fully saturated rings. The van der Waals surface area contributed by atoms with E-state index in [1.54, 1.807) is 0 Å². The van der Waals surface area contributed by atoms with Crippen LogP contribution >= 0.6 is 11.6 Å². The van der Waals surface area contributed by atoms with Gasteiger partial charge in [-0.2, -0.15) is 0 Å². The maximum atomic E-state index is 13.5. The van der Waals surface area contributed by atoms with Crippen molar-refractivity contribution < 1.29 is 26.9 Å². The van der Waals surface area contributed by atoms with E-state index in [4.69, 9.17) is 11.6 Å². The minimum absolute atomic E-state index is 0.00937. The summed E-state index contributed by atoms with van der Waals surface area (Å²) < 4.78 is 51.6. The summed E-state index contributed by atoms with van der Waals surface area (Å²) in [6, 6.07) is 4.30. The van der Waals surface area contributed by atoms with Gasteiger partial charge in [-0.15, -0.1) is 0 Å². The van der Waals surface area contributed by atoms with Gasteiger partial charge in [0.2, 0.25) is 15.9 Å². The lowest BCUT2D eigenvalue weighted by Crippen LogP contribution is -2.45. The number of carbonyl (C=O) groups is 1. The van der Waals surface area contributed by atoms with Crippen LogP contribution in [0.1, 0.15) is 6.92 Å². The zero-order valence-electron chi connectivity index (χ0n) is 14.5. The molecule has 0 bridgehead atoms. The summed E-state index contributed by atoms with van der Waals surface area (Å²) in [4.78, 5) is 22.7. The molecule has 0 heterocycles. The number of hydrogen-bond acceptors (Lipinski definition) is 5. The number of sulfonamides is 1. The van der Waals surface area contributed by atoms with Crippen LogP contribution in [0.15, 0.2) is 36.4 Å². The zero-order chi connectivity index (χ0) is 21.2. The molecule has 2 aromatic rings. The van der Waals surface area contributed by atoms with Crippen LogP contribution in [-0.2, 0) is 14.8 Å². The number of non-ortho nitro benzene ring substituents is 1. The number of nitro groups is 1. The maximum absolute atomic E-state index is 13.5. The van der Waals surface area contributed by atoms with Gasteiger partial charge in [-0.3, -0.25) is 19.2 Å². The van der Waals surface area contributed by atoms with Crippen molar-refractivity contribution in [3.8, 4) is 0 Å². The van der Waals surface area contributed by atoms with Crippen LogP contribution in [0, 0.1) is 21.7 Å². The first-order valence-corrected chi connectivity index (χ1v) is 9.83. The van der Waals surface area contributed by atoms with E-state index in [0.717, 1.165) is 30.5 Å². The highest BCUT2D eigenvalue weighted by Crippen LogP contribution is 2.28. The van der Waals surface area contributed by atoms with Gasteiger partial charge in [0.25, 0.3) is 5.69 Å². The van der Waals surface area contributed by atoms with Crippen molar-refractivity contribution in [3.63, 3.8) is 0 Å². The highest BCUT2D eigenvalue weighted by Gasteiger charge is 2.30. The summed E-state index contributed by atoms with van der Waals surface area (Å²) in [5.74, 6) is -3.37. The van der Waals surface area contributed by atoms with Crippen molar-refractivity contribution in [1.29, 1.82) is 0 Å². The van der Waals surface area contributed by atoms with Gasteiger partial charge < -0.3 is 5.32 Å². The van der Waals surface area contributed by atoms with Gasteiger partial charge >= 0.3 is 0 Å². The number of nitrogens with one attached hydrogen (secondary N) is 1. The summed E-state index contributed by atoms with van der Waals surface area (Å²) in [5.41, 5.74) is -0.714. The highest BCUT2D eigenvalue weighted by molar-refractivity contribution is 7.92. The molecule has 12 heteroatoms. The molecule has 0 aromatic heterocycles. The largest absolute Gasteiger partial charge is 0.323 e. The maximum Gasteiger partial charge on any atom is 0.271 e. The van der Waals surface area contributed by atoms with Crippen LogP contribution in [-0.4, -0.2) is 31.5 Å². The molecule has 1 unspecified atom stereocenters. The number of rotatable bonds is 6. The first-order valence-electron chi connectivity index (χ1n) is 7.61. The number of benzene rings is 2. The minimum atomic E-state index is -4.07. The lowest BCUT2D eigenvalue weighted by molar-refractivity contribution is -0.384. The Labute approximate surface area is 163 Å². The summed E-state index contributed by atoms with van der Waals surface area (Å²) in [6.45, 7) is 1.21. The number of nitrogens with zero attached hydrogens (tertiary/aromatic N) is 2. The van der Waals surface area contributed by atoms with E-state index in [2.05, 4.69) is 5.32 Å². The molecule has 0 saturated carbocycles. The van der Waals surface area contributed by atoms with E-state index in [1.807, 2.05) is 0 Å². The highest BCUT2D eigenvalue weighted by atomic mass is 35.5. The molecule has 2 aromatic carbocycles. The molecule has 0 aliphatic heterocycles. The fourth-order valence-corrected chi connectivity index (χ4v) is 3.72. The van der Waals surface area contributed by atoms with Gasteiger partial charge in [0, 0.05) is 18.2 Å².